The lowest BCUT2D eigenvalue weighted by atomic mass is 10.3. The van der Waals surface area contributed by atoms with Crippen molar-refractivity contribution in [2.24, 2.45) is 0 Å². The van der Waals surface area contributed by atoms with Gasteiger partial charge in [0.2, 0.25) is 0 Å². The molecule has 5 nitrogen and oxygen atoms in total. The van der Waals surface area contributed by atoms with Crippen LogP contribution in [0.4, 0.5) is 5.69 Å². The minimum atomic E-state index is -0.434. The summed E-state index contributed by atoms with van der Waals surface area (Å²) in [6.07, 6.45) is 1.44. The van der Waals surface area contributed by atoms with Crippen molar-refractivity contribution in [3.05, 3.63) is 51.4 Å². The molecule has 0 bridgehead atoms. The zero-order valence-electron chi connectivity index (χ0n) is 9.33. The maximum absolute atomic E-state index is 10.5. The molecule has 0 N–H and O–H groups in total. The zero-order valence-corrected chi connectivity index (χ0v) is 10.9. The normalized spacial score (nSPS) is 10.3. The number of rotatable bonds is 3. The predicted octanol–water partition coefficient (Wildman–Crippen LogP) is 3.50. The summed E-state index contributed by atoms with van der Waals surface area (Å²) >= 11 is 7.41. The maximum Gasteiger partial charge on any atom is 0.269 e. The number of non-ortho nitro benzene ring substituents is 1. The highest BCUT2D eigenvalue weighted by atomic mass is 35.5. The van der Waals surface area contributed by atoms with Crippen LogP contribution in [0.5, 0.6) is 0 Å². The van der Waals surface area contributed by atoms with E-state index in [4.69, 9.17) is 11.6 Å². The lowest BCUT2D eigenvalue weighted by Crippen LogP contribution is -1.89. The van der Waals surface area contributed by atoms with Crippen molar-refractivity contribution >= 4 is 29.1 Å². The third kappa shape index (κ3) is 2.77. The molecule has 0 saturated carbocycles. The van der Waals surface area contributed by atoms with Gasteiger partial charge in [-0.2, -0.15) is 0 Å². The van der Waals surface area contributed by atoms with Crippen LogP contribution in [0.15, 0.2) is 40.5 Å². The fourth-order valence-corrected chi connectivity index (χ4v) is 2.30. The Hall–Kier alpha value is -1.66. The molecule has 92 valence electrons. The van der Waals surface area contributed by atoms with E-state index in [9.17, 15) is 10.1 Å². The van der Waals surface area contributed by atoms with Gasteiger partial charge in [-0.05, 0) is 19.1 Å². The number of hydrogen-bond donors (Lipinski definition) is 0. The van der Waals surface area contributed by atoms with E-state index in [0.29, 0.717) is 15.7 Å². The first-order chi connectivity index (χ1) is 8.58. The largest absolute Gasteiger partial charge is 0.269 e. The lowest BCUT2D eigenvalue weighted by Gasteiger charge is -2.04. The SMILES string of the molecule is Cc1ncnc(Sc2ccc([N+](=O)[O-])cc2)c1Cl. The third-order valence-corrected chi connectivity index (χ3v) is 3.77. The van der Waals surface area contributed by atoms with Crippen LogP contribution in [-0.2, 0) is 0 Å². The Labute approximate surface area is 112 Å². The molecule has 1 aromatic carbocycles. The Balaban J connectivity index is 2.24. The number of benzene rings is 1. The number of aromatic nitrogens is 2. The Bertz CT molecular complexity index is 589. The molecule has 1 aromatic heterocycles. The van der Waals surface area contributed by atoms with E-state index in [0.717, 1.165) is 4.90 Å². The molecule has 0 fully saturated rings. The maximum atomic E-state index is 10.5. The van der Waals surface area contributed by atoms with Crippen LogP contribution in [0.2, 0.25) is 5.02 Å². The molecule has 0 saturated heterocycles. The van der Waals surface area contributed by atoms with Crippen LogP contribution in [0, 0.1) is 17.0 Å². The van der Waals surface area contributed by atoms with Crippen molar-refractivity contribution in [1.29, 1.82) is 0 Å². The van der Waals surface area contributed by atoms with Crippen molar-refractivity contribution < 1.29 is 4.92 Å². The number of nitro groups is 1. The molecule has 0 amide bonds. The van der Waals surface area contributed by atoms with Crippen LogP contribution >= 0.6 is 23.4 Å². The van der Waals surface area contributed by atoms with Gasteiger partial charge in [0, 0.05) is 17.0 Å². The van der Waals surface area contributed by atoms with Crippen molar-refractivity contribution in [1.82, 2.24) is 9.97 Å². The summed E-state index contributed by atoms with van der Waals surface area (Å²) in [5, 5.41) is 11.7. The molecule has 0 unspecified atom stereocenters. The molecule has 0 aliphatic carbocycles. The number of halogens is 1. The first kappa shape index (κ1) is 12.8. The van der Waals surface area contributed by atoms with Crippen molar-refractivity contribution in [3.8, 4) is 0 Å². The van der Waals surface area contributed by atoms with E-state index in [1.165, 1.54) is 30.2 Å². The molecule has 1 heterocycles. The number of nitrogens with zero attached hydrogens (tertiary/aromatic N) is 3. The second kappa shape index (κ2) is 5.32. The highest BCUT2D eigenvalue weighted by molar-refractivity contribution is 7.99. The summed E-state index contributed by atoms with van der Waals surface area (Å²) in [5.41, 5.74) is 0.764. The second-order valence-corrected chi connectivity index (χ2v) is 4.87. The van der Waals surface area contributed by atoms with Crippen molar-refractivity contribution in [2.75, 3.05) is 0 Å². The number of nitro benzene ring substituents is 1. The van der Waals surface area contributed by atoms with Gasteiger partial charge in [0.1, 0.15) is 11.4 Å². The van der Waals surface area contributed by atoms with Gasteiger partial charge in [0.05, 0.1) is 15.6 Å². The van der Waals surface area contributed by atoms with Gasteiger partial charge in [-0.25, -0.2) is 9.97 Å². The van der Waals surface area contributed by atoms with Crippen LogP contribution in [0.3, 0.4) is 0 Å². The summed E-state index contributed by atoms with van der Waals surface area (Å²) in [7, 11) is 0. The summed E-state index contributed by atoms with van der Waals surface area (Å²) in [6, 6.07) is 6.22. The average Bonchev–Trinajstić information content (AvgIpc) is 2.36. The highest BCUT2D eigenvalue weighted by Gasteiger charge is 2.09. The highest BCUT2D eigenvalue weighted by Crippen LogP contribution is 2.32. The van der Waals surface area contributed by atoms with Gasteiger partial charge in [-0.15, -0.1) is 0 Å². The Morgan fingerprint density at radius 3 is 2.56 bits per heavy atom. The second-order valence-electron chi connectivity index (χ2n) is 3.43. The first-order valence-electron chi connectivity index (χ1n) is 4.97. The standard InChI is InChI=1S/C11H8ClN3O2S/c1-7-10(12)11(14-6-13-7)18-9-4-2-8(3-5-9)15(16)17/h2-6H,1H3. The fraction of sp³-hybridized carbons (Fsp3) is 0.0909. The van der Waals surface area contributed by atoms with Gasteiger partial charge in [0.15, 0.2) is 0 Å². The van der Waals surface area contributed by atoms with Gasteiger partial charge >= 0.3 is 0 Å². The van der Waals surface area contributed by atoms with Crippen molar-refractivity contribution in [3.63, 3.8) is 0 Å². The molecular formula is C11H8ClN3O2S. The smallest absolute Gasteiger partial charge is 0.258 e. The average molecular weight is 282 g/mol. The monoisotopic (exact) mass is 281 g/mol. The first-order valence-corrected chi connectivity index (χ1v) is 6.17. The van der Waals surface area contributed by atoms with Crippen LogP contribution in [0.25, 0.3) is 0 Å². The molecule has 2 rings (SSSR count). The van der Waals surface area contributed by atoms with Crippen LogP contribution in [-0.4, -0.2) is 14.9 Å². The van der Waals surface area contributed by atoms with Gasteiger partial charge < -0.3 is 0 Å². The van der Waals surface area contributed by atoms with E-state index < -0.39 is 4.92 Å². The summed E-state index contributed by atoms with van der Waals surface area (Å²) in [6.45, 7) is 1.80. The fourth-order valence-electron chi connectivity index (χ4n) is 1.25. The zero-order chi connectivity index (χ0) is 13.1. The Morgan fingerprint density at radius 1 is 1.28 bits per heavy atom. The molecule has 18 heavy (non-hydrogen) atoms. The van der Waals surface area contributed by atoms with E-state index >= 15 is 0 Å². The number of aryl methyl sites for hydroxylation is 1. The quantitative estimate of drug-likeness (QED) is 0.489. The van der Waals surface area contributed by atoms with Crippen LogP contribution < -0.4 is 0 Å². The van der Waals surface area contributed by atoms with Gasteiger partial charge in [-0.1, -0.05) is 23.4 Å². The molecule has 2 aromatic rings. The molecule has 0 radical (unpaired) electrons. The molecule has 7 heteroatoms. The van der Waals surface area contributed by atoms with Crippen molar-refractivity contribution in [2.45, 2.75) is 16.8 Å². The molecule has 0 aliphatic heterocycles. The van der Waals surface area contributed by atoms with E-state index in [1.807, 2.05) is 0 Å². The molecule has 0 atom stereocenters. The molecule has 0 spiro atoms. The van der Waals surface area contributed by atoms with E-state index in [2.05, 4.69) is 9.97 Å². The minimum absolute atomic E-state index is 0.0596. The summed E-state index contributed by atoms with van der Waals surface area (Å²) in [5.74, 6) is 0. The van der Waals surface area contributed by atoms with E-state index in [1.54, 1.807) is 19.1 Å². The number of hydrogen-bond acceptors (Lipinski definition) is 5. The predicted molar refractivity (Wildman–Crippen MR) is 69.0 cm³/mol. The lowest BCUT2D eigenvalue weighted by molar-refractivity contribution is -0.384. The molecule has 0 aliphatic rings. The summed E-state index contributed by atoms with van der Waals surface area (Å²) in [4.78, 5) is 19.0. The topological polar surface area (TPSA) is 68.9 Å². The summed E-state index contributed by atoms with van der Waals surface area (Å²) < 4.78 is 0. The Kier molecular flexibility index (Phi) is 3.78. The third-order valence-electron chi connectivity index (χ3n) is 2.19. The van der Waals surface area contributed by atoms with E-state index in [-0.39, 0.29) is 5.69 Å². The minimum Gasteiger partial charge on any atom is -0.258 e. The van der Waals surface area contributed by atoms with Gasteiger partial charge in [0.25, 0.3) is 5.69 Å². The molecular weight excluding hydrogens is 274 g/mol. The van der Waals surface area contributed by atoms with Crippen LogP contribution in [0.1, 0.15) is 5.69 Å². The Morgan fingerprint density at radius 2 is 1.94 bits per heavy atom. The van der Waals surface area contributed by atoms with Gasteiger partial charge in [-0.3, -0.25) is 10.1 Å².